The van der Waals surface area contributed by atoms with Gasteiger partial charge in [0.15, 0.2) is 0 Å². The molecular formula is C24H30N2O5S. The third kappa shape index (κ3) is 4.47. The number of hydrogen-bond acceptors (Lipinski definition) is 7. The molecule has 1 atom stereocenters. The average molecular weight is 459 g/mol. The van der Waals surface area contributed by atoms with E-state index < -0.39 is 0 Å². The quantitative estimate of drug-likeness (QED) is 0.627. The summed E-state index contributed by atoms with van der Waals surface area (Å²) in [5.41, 5.74) is 2.61. The van der Waals surface area contributed by atoms with Crippen molar-refractivity contribution >= 4 is 28.2 Å². The fourth-order valence-electron chi connectivity index (χ4n) is 4.79. The van der Waals surface area contributed by atoms with Crippen LogP contribution in [-0.2, 0) is 22.4 Å². The van der Waals surface area contributed by atoms with Crippen LogP contribution in [0.4, 0.5) is 5.00 Å². The van der Waals surface area contributed by atoms with Crippen molar-refractivity contribution in [1.82, 2.24) is 4.90 Å². The molecule has 1 aliphatic carbocycles. The number of nitrogens with zero attached hydrogens (tertiary/aromatic N) is 1. The molecule has 4 rings (SSSR count). The summed E-state index contributed by atoms with van der Waals surface area (Å²) in [5.74, 6) is 1.06. The van der Waals surface area contributed by atoms with Gasteiger partial charge in [0.25, 0.3) is 0 Å². The van der Waals surface area contributed by atoms with Crippen LogP contribution in [0.15, 0.2) is 18.2 Å². The Morgan fingerprint density at radius 1 is 1.12 bits per heavy atom. The monoisotopic (exact) mass is 458 g/mol. The first-order chi connectivity index (χ1) is 15.5. The molecule has 1 saturated heterocycles. The zero-order valence-electron chi connectivity index (χ0n) is 18.9. The number of nitrogens with one attached hydrogen (secondary N) is 1. The Hall–Kier alpha value is -2.58. The first-order valence-electron chi connectivity index (χ1n) is 11.0. The second kappa shape index (κ2) is 9.92. The van der Waals surface area contributed by atoms with E-state index in [9.17, 15) is 9.59 Å². The van der Waals surface area contributed by atoms with Gasteiger partial charge in [0, 0.05) is 16.5 Å². The molecule has 0 spiro atoms. The summed E-state index contributed by atoms with van der Waals surface area (Å²) in [6, 6.07) is 5.84. The van der Waals surface area contributed by atoms with E-state index in [-0.39, 0.29) is 24.5 Å². The summed E-state index contributed by atoms with van der Waals surface area (Å²) in [5, 5.41) is 3.63. The van der Waals surface area contributed by atoms with Crippen molar-refractivity contribution in [2.45, 2.75) is 44.6 Å². The third-order valence-corrected chi connectivity index (χ3v) is 7.53. The number of thiophene rings is 1. The van der Waals surface area contributed by atoms with E-state index in [2.05, 4.69) is 10.2 Å². The molecule has 1 aromatic heterocycles. The molecule has 7 nitrogen and oxygen atoms in total. The largest absolute Gasteiger partial charge is 0.497 e. The Bertz CT molecular complexity index is 1000. The standard InChI is InChI=1S/C24H30N2O5S/c1-29-15-10-11-19(30-2)17(13-15)18-8-6-12-26(18)14-21(27)25-23-22(24(28)31-3)16-7-4-5-9-20(16)32-23/h10-11,13,18H,4-9,12,14H2,1-3H3,(H,25,27). The maximum Gasteiger partial charge on any atom is 0.341 e. The Balaban J connectivity index is 1.52. The van der Waals surface area contributed by atoms with E-state index in [1.165, 1.54) is 23.3 Å². The zero-order chi connectivity index (χ0) is 22.7. The minimum atomic E-state index is -0.375. The van der Waals surface area contributed by atoms with E-state index in [1.54, 1.807) is 14.2 Å². The highest BCUT2D eigenvalue weighted by atomic mass is 32.1. The molecule has 8 heteroatoms. The van der Waals surface area contributed by atoms with Gasteiger partial charge >= 0.3 is 5.97 Å². The minimum Gasteiger partial charge on any atom is -0.497 e. The highest BCUT2D eigenvalue weighted by Crippen LogP contribution is 2.40. The molecule has 172 valence electrons. The molecule has 0 saturated carbocycles. The number of amides is 1. The predicted molar refractivity (Wildman–Crippen MR) is 124 cm³/mol. The molecule has 0 bridgehead atoms. The summed E-state index contributed by atoms with van der Waals surface area (Å²) in [7, 11) is 4.69. The number of ether oxygens (including phenoxy) is 3. The Morgan fingerprint density at radius 2 is 1.94 bits per heavy atom. The smallest absolute Gasteiger partial charge is 0.341 e. The second-order valence-electron chi connectivity index (χ2n) is 8.19. The maximum atomic E-state index is 13.0. The number of benzene rings is 1. The van der Waals surface area contributed by atoms with Gasteiger partial charge in [0.05, 0.1) is 33.4 Å². The summed E-state index contributed by atoms with van der Waals surface area (Å²) in [6.45, 7) is 1.07. The number of rotatable bonds is 7. The van der Waals surface area contributed by atoms with Crippen molar-refractivity contribution in [3.8, 4) is 11.5 Å². The third-order valence-electron chi connectivity index (χ3n) is 6.32. The SMILES string of the molecule is COC(=O)c1c(NC(=O)CN2CCCC2c2cc(OC)ccc2OC)sc2c1CCCC2. The summed E-state index contributed by atoms with van der Waals surface area (Å²) in [4.78, 5) is 28.9. The average Bonchev–Trinajstić information content (AvgIpc) is 3.41. The Morgan fingerprint density at radius 3 is 2.69 bits per heavy atom. The number of hydrogen-bond donors (Lipinski definition) is 1. The van der Waals surface area contributed by atoms with Crippen LogP contribution in [0.5, 0.6) is 11.5 Å². The first-order valence-corrected chi connectivity index (χ1v) is 11.9. The number of esters is 1. The molecule has 1 aliphatic heterocycles. The van der Waals surface area contributed by atoms with Gasteiger partial charge in [-0.3, -0.25) is 9.69 Å². The van der Waals surface area contributed by atoms with Gasteiger partial charge in [-0.15, -0.1) is 11.3 Å². The number of aryl methyl sites for hydroxylation is 1. The van der Waals surface area contributed by atoms with Crippen LogP contribution in [0.2, 0.25) is 0 Å². The van der Waals surface area contributed by atoms with Gasteiger partial charge in [-0.2, -0.15) is 0 Å². The molecule has 2 heterocycles. The van der Waals surface area contributed by atoms with Crippen LogP contribution >= 0.6 is 11.3 Å². The van der Waals surface area contributed by atoms with Crippen LogP contribution < -0.4 is 14.8 Å². The van der Waals surface area contributed by atoms with Crippen molar-refractivity contribution < 1.29 is 23.8 Å². The molecular weight excluding hydrogens is 428 g/mol. The lowest BCUT2D eigenvalue weighted by Crippen LogP contribution is -2.33. The molecule has 1 fully saturated rings. The van der Waals surface area contributed by atoms with Crippen LogP contribution in [0.1, 0.15) is 58.1 Å². The van der Waals surface area contributed by atoms with Crippen molar-refractivity contribution in [3.63, 3.8) is 0 Å². The van der Waals surface area contributed by atoms with Gasteiger partial charge in [0.2, 0.25) is 5.91 Å². The van der Waals surface area contributed by atoms with E-state index in [0.717, 1.165) is 67.7 Å². The number of carbonyl (C=O) groups is 2. The fourth-order valence-corrected chi connectivity index (χ4v) is 6.08. The van der Waals surface area contributed by atoms with Crippen molar-refractivity contribution in [2.75, 3.05) is 39.7 Å². The molecule has 32 heavy (non-hydrogen) atoms. The first kappa shape index (κ1) is 22.6. The van der Waals surface area contributed by atoms with Gasteiger partial charge < -0.3 is 19.5 Å². The normalized spacial score (nSPS) is 18.2. The van der Waals surface area contributed by atoms with Crippen molar-refractivity contribution in [1.29, 1.82) is 0 Å². The fraction of sp³-hybridized carbons (Fsp3) is 0.500. The summed E-state index contributed by atoms with van der Waals surface area (Å²) >= 11 is 1.51. The molecule has 2 aromatic rings. The lowest BCUT2D eigenvalue weighted by molar-refractivity contribution is -0.117. The molecule has 1 unspecified atom stereocenters. The summed E-state index contributed by atoms with van der Waals surface area (Å²) < 4.78 is 16.0. The topological polar surface area (TPSA) is 77.1 Å². The van der Waals surface area contributed by atoms with Gasteiger partial charge in [-0.05, 0) is 68.8 Å². The number of likely N-dealkylation sites (tertiary alicyclic amines) is 1. The highest BCUT2D eigenvalue weighted by molar-refractivity contribution is 7.17. The van der Waals surface area contributed by atoms with Crippen LogP contribution in [0, 0.1) is 0 Å². The zero-order valence-corrected chi connectivity index (χ0v) is 19.7. The lowest BCUT2D eigenvalue weighted by atomic mass is 9.95. The molecule has 1 amide bonds. The van der Waals surface area contributed by atoms with Gasteiger partial charge in [-0.1, -0.05) is 0 Å². The number of methoxy groups -OCH3 is 3. The number of carbonyl (C=O) groups excluding carboxylic acids is 2. The van der Waals surface area contributed by atoms with Crippen LogP contribution in [0.25, 0.3) is 0 Å². The van der Waals surface area contributed by atoms with E-state index >= 15 is 0 Å². The number of anilines is 1. The van der Waals surface area contributed by atoms with E-state index in [4.69, 9.17) is 14.2 Å². The highest BCUT2D eigenvalue weighted by Gasteiger charge is 2.31. The van der Waals surface area contributed by atoms with E-state index in [0.29, 0.717) is 10.6 Å². The van der Waals surface area contributed by atoms with Crippen molar-refractivity contribution in [2.24, 2.45) is 0 Å². The Kier molecular flexibility index (Phi) is 7.01. The van der Waals surface area contributed by atoms with Crippen molar-refractivity contribution in [3.05, 3.63) is 39.8 Å². The second-order valence-corrected chi connectivity index (χ2v) is 9.30. The maximum absolute atomic E-state index is 13.0. The molecule has 0 radical (unpaired) electrons. The van der Waals surface area contributed by atoms with Gasteiger partial charge in [-0.25, -0.2) is 4.79 Å². The minimum absolute atomic E-state index is 0.0717. The predicted octanol–water partition coefficient (Wildman–Crippen LogP) is 4.21. The van der Waals surface area contributed by atoms with Crippen LogP contribution in [-0.4, -0.2) is 51.2 Å². The summed E-state index contributed by atoms with van der Waals surface area (Å²) in [6.07, 6.45) is 5.91. The van der Waals surface area contributed by atoms with Crippen LogP contribution in [0.3, 0.4) is 0 Å². The Labute approximate surface area is 192 Å². The lowest BCUT2D eigenvalue weighted by Gasteiger charge is -2.26. The van der Waals surface area contributed by atoms with E-state index in [1.807, 2.05) is 18.2 Å². The number of fused-ring (bicyclic) bond motifs is 1. The van der Waals surface area contributed by atoms with Gasteiger partial charge in [0.1, 0.15) is 16.5 Å². The molecule has 1 aromatic carbocycles. The molecule has 1 N–H and O–H groups in total. The molecule has 2 aliphatic rings.